The normalized spacial score (nSPS) is 16.4. The van der Waals surface area contributed by atoms with Crippen LogP contribution in [0.4, 0.5) is 18.9 Å². The fourth-order valence-corrected chi connectivity index (χ4v) is 4.51. The van der Waals surface area contributed by atoms with Crippen LogP contribution in [-0.4, -0.2) is 46.0 Å². The van der Waals surface area contributed by atoms with Crippen LogP contribution in [0.25, 0.3) is 0 Å². The Morgan fingerprint density at radius 2 is 1.63 bits per heavy atom. The zero-order valence-corrected chi connectivity index (χ0v) is 15.4. The third-order valence-electron chi connectivity index (χ3n) is 4.46. The van der Waals surface area contributed by atoms with Crippen LogP contribution < -0.4 is 9.64 Å². The van der Waals surface area contributed by atoms with Crippen molar-refractivity contribution in [3.63, 3.8) is 0 Å². The zero-order chi connectivity index (χ0) is 19.7. The molecular formula is C18H19F3N2O3S. The summed E-state index contributed by atoms with van der Waals surface area (Å²) in [5.41, 5.74) is -0.118. The molecule has 27 heavy (non-hydrogen) atoms. The van der Waals surface area contributed by atoms with Gasteiger partial charge in [-0.25, -0.2) is 8.42 Å². The Bertz CT molecular complexity index is 908. The van der Waals surface area contributed by atoms with Crippen LogP contribution in [0.2, 0.25) is 0 Å². The van der Waals surface area contributed by atoms with Gasteiger partial charge in [0.15, 0.2) is 0 Å². The molecule has 1 aliphatic rings. The summed E-state index contributed by atoms with van der Waals surface area (Å²) in [4.78, 5) is 1.65. The first-order valence-electron chi connectivity index (χ1n) is 8.29. The van der Waals surface area contributed by atoms with E-state index in [0.717, 1.165) is 17.8 Å². The van der Waals surface area contributed by atoms with E-state index in [0.29, 0.717) is 24.9 Å². The van der Waals surface area contributed by atoms with Gasteiger partial charge in [-0.1, -0.05) is 18.2 Å². The molecule has 1 heterocycles. The second kappa shape index (κ2) is 7.40. The standard InChI is InChI=1S/C18H19F3N2O3S/c1-26-17-8-3-2-7-16(17)22-9-11-23(12-10-22)27(24,25)15-6-4-5-14(13-15)18(19,20)21/h2-8,13H,9-12H2,1H3. The third-order valence-corrected chi connectivity index (χ3v) is 6.36. The molecule has 0 bridgehead atoms. The molecule has 2 aromatic rings. The van der Waals surface area contributed by atoms with Crippen molar-refractivity contribution in [2.45, 2.75) is 11.1 Å². The monoisotopic (exact) mass is 400 g/mol. The van der Waals surface area contributed by atoms with Gasteiger partial charge in [0.25, 0.3) is 0 Å². The molecule has 0 N–H and O–H groups in total. The van der Waals surface area contributed by atoms with Crippen molar-refractivity contribution in [3.8, 4) is 5.75 Å². The highest BCUT2D eigenvalue weighted by Gasteiger charge is 2.34. The average Bonchev–Trinajstić information content (AvgIpc) is 2.67. The molecule has 5 nitrogen and oxygen atoms in total. The molecule has 0 unspecified atom stereocenters. The molecule has 9 heteroatoms. The lowest BCUT2D eigenvalue weighted by atomic mass is 10.2. The summed E-state index contributed by atoms with van der Waals surface area (Å²) in [6, 6.07) is 11.3. The van der Waals surface area contributed by atoms with Gasteiger partial charge < -0.3 is 9.64 Å². The quantitative estimate of drug-likeness (QED) is 0.791. The molecule has 0 aliphatic carbocycles. The van der Waals surface area contributed by atoms with Gasteiger partial charge in [-0.15, -0.1) is 0 Å². The lowest BCUT2D eigenvalue weighted by molar-refractivity contribution is -0.137. The smallest absolute Gasteiger partial charge is 0.416 e. The fraction of sp³-hybridized carbons (Fsp3) is 0.333. The highest BCUT2D eigenvalue weighted by Crippen LogP contribution is 2.32. The van der Waals surface area contributed by atoms with Crippen molar-refractivity contribution in [2.24, 2.45) is 0 Å². The summed E-state index contributed by atoms with van der Waals surface area (Å²) in [6.45, 7) is 1.18. The highest BCUT2D eigenvalue weighted by atomic mass is 32.2. The van der Waals surface area contributed by atoms with Crippen molar-refractivity contribution in [1.82, 2.24) is 4.31 Å². The number of ether oxygens (including phenoxy) is 1. The number of hydrogen-bond acceptors (Lipinski definition) is 4. The van der Waals surface area contributed by atoms with Gasteiger partial charge in [0.1, 0.15) is 5.75 Å². The Morgan fingerprint density at radius 1 is 0.963 bits per heavy atom. The summed E-state index contributed by atoms with van der Waals surface area (Å²) in [6.07, 6.45) is -4.59. The van der Waals surface area contributed by atoms with E-state index >= 15 is 0 Å². The number of para-hydroxylation sites is 2. The largest absolute Gasteiger partial charge is 0.495 e. The number of halogens is 3. The van der Waals surface area contributed by atoms with E-state index in [1.54, 1.807) is 7.11 Å². The van der Waals surface area contributed by atoms with Gasteiger partial charge in [-0.05, 0) is 30.3 Å². The van der Waals surface area contributed by atoms with E-state index < -0.39 is 21.8 Å². The highest BCUT2D eigenvalue weighted by molar-refractivity contribution is 7.89. The maximum absolute atomic E-state index is 12.9. The molecule has 0 amide bonds. The van der Waals surface area contributed by atoms with Crippen LogP contribution in [0.1, 0.15) is 5.56 Å². The van der Waals surface area contributed by atoms with Gasteiger partial charge in [0.2, 0.25) is 10.0 Å². The molecule has 2 aromatic carbocycles. The van der Waals surface area contributed by atoms with Crippen molar-refractivity contribution >= 4 is 15.7 Å². The van der Waals surface area contributed by atoms with Gasteiger partial charge in [0.05, 0.1) is 23.3 Å². The van der Waals surface area contributed by atoms with Crippen LogP contribution in [0.3, 0.4) is 0 Å². The van der Waals surface area contributed by atoms with E-state index in [4.69, 9.17) is 4.74 Å². The lowest BCUT2D eigenvalue weighted by Gasteiger charge is -2.36. The van der Waals surface area contributed by atoms with Crippen LogP contribution in [0.15, 0.2) is 53.4 Å². The van der Waals surface area contributed by atoms with Crippen LogP contribution in [0, 0.1) is 0 Å². The Hall–Kier alpha value is -2.26. The minimum atomic E-state index is -4.59. The molecule has 146 valence electrons. The second-order valence-corrected chi connectivity index (χ2v) is 8.03. The average molecular weight is 400 g/mol. The van der Waals surface area contributed by atoms with Crippen molar-refractivity contribution < 1.29 is 26.3 Å². The summed E-state index contributed by atoms with van der Waals surface area (Å²) in [5.74, 6) is 0.687. The molecule has 0 aromatic heterocycles. The first kappa shape index (κ1) is 19.5. The molecule has 1 fully saturated rings. The van der Waals surface area contributed by atoms with Crippen molar-refractivity contribution in [1.29, 1.82) is 0 Å². The number of alkyl halides is 3. The number of anilines is 1. The Kier molecular flexibility index (Phi) is 5.34. The Balaban J connectivity index is 1.77. The predicted octanol–water partition coefficient (Wildman–Crippen LogP) is 3.22. The molecule has 0 atom stereocenters. The number of hydrogen-bond donors (Lipinski definition) is 0. The third kappa shape index (κ3) is 4.03. The fourth-order valence-electron chi connectivity index (χ4n) is 3.04. The molecule has 0 spiro atoms. The first-order valence-corrected chi connectivity index (χ1v) is 9.73. The number of piperazine rings is 1. The number of benzene rings is 2. The van der Waals surface area contributed by atoms with Gasteiger partial charge in [0, 0.05) is 26.2 Å². The number of nitrogens with zero attached hydrogens (tertiary/aromatic N) is 2. The topological polar surface area (TPSA) is 49.9 Å². The first-order chi connectivity index (χ1) is 12.7. The van der Waals surface area contributed by atoms with Crippen LogP contribution >= 0.6 is 0 Å². The van der Waals surface area contributed by atoms with Crippen molar-refractivity contribution in [3.05, 3.63) is 54.1 Å². The number of sulfonamides is 1. The van der Waals surface area contributed by atoms with Gasteiger partial charge in [-0.3, -0.25) is 0 Å². The van der Waals surface area contributed by atoms with E-state index in [9.17, 15) is 21.6 Å². The van der Waals surface area contributed by atoms with Crippen LogP contribution in [-0.2, 0) is 16.2 Å². The van der Waals surface area contributed by atoms with Gasteiger partial charge >= 0.3 is 6.18 Å². The van der Waals surface area contributed by atoms with E-state index in [-0.39, 0.29) is 18.0 Å². The lowest BCUT2D eigenvalue weighted by Crippen LogP contribution is -2.48. The summed E-state index contributed by atoms with van der Waals surface area (Å²) in [5, 5.41) is 0. The predicted molar refractivity (Wildman–Crippen MR) is 95.4 cm³/mol. The minimum Gasteiger partial charge on any atom is -0.495 e. The summed E-state index contributed by atoms with van der Waals surface area (Å²) >= 11 is 0. The SMILES string of the molecule is COc1ccccc1N1CCN(S(=O)(=O)c2cccc(C(F)(F)F)c2)CC1. The molecule has 1 saturated heterocycles. The summed E-state index contributed by atoms with van der Waals surface area (Å²) < 4.78 is 70.7. The minimum absolute atomic E-state index is 0.177. The second-order valence-electron chi connectivity index (χ2n) is 6.09. The summed E-state index contributed by atoms with van der Waals surface area (Å²) in [7, 11) is -2.43. The van der Waals surface area contributed by atoms with Crippen molar-refractivity contribution in [2.75, 3.05) is 38.2 Å². The zero-order valence-electron chi connectivity index (χ0n) is 14.6. The maximum Gasteiger partial charge on any atom is 0.416 e. The van der Waals surface area contributed by atoms with Crippen LogP contribution in [0.5, 0.6) is 5.75 Å². The molecule has 3 rings (SSSR count). The number of rotatable bonds is 4. The van der Waals surface area contributed by atoms with E-state index in [1.165, 1.54) is 10.4 Å². The Labute approximate surface area is 156 Å². The molecule has 1 aliphatic heterocycles. The molecule has 0 saturated carbocycles. The molecule has 0 radical (unpaired) electrons. The number of methoxy groups -OCH3 is 1. The Morgan fingerprint density at radius 3 is 2.26 bits per heavy atom. The van der Waals surface area contributed by atoms with E-state index in [2.05, 4.69) is 0 Å². The molecular weight excluding hydrogens is 381 g/mol. The van der Waals surface area contributed by atoms with Gasteiger partial charge in [-0.2, -0.15) is 17.5 Å². The maximum atomic E-state index is 12.9. The van der Waals surface area contributed by atoms with E-state index in [1.807, 2.05) is 29.2 Å².